The lowest BCUT2D eigenvalue weighted by molar-refractivity contribution is 0.288. The number of hydrogen-bond donors (Lipinski definition) is 1. The molecule has 12 heavy (non-hydrogen) atoms. The third-order valence-electron chi connectivity index (χ3n) is 1.29. The zero-order chi connectivity index (χ0) is 8.81. The van der Waals surface area contributed by atoms with Gasteiger partial charge in [-0.15, -0.1) is 0 Å². The predicted octanol–water partition coefficient (Wildman–Crippen LogP) is 0.313. The van der Waals surface area contributed by atoms with Gasteiger partial charge in [0.1, 0.15) is 0 Å². The quantitative estimate of drug-likeness (QED) is 0.654. The van der Waals surface area contributed by atoms with Gasteiger partial charge < -0.3 is 10.5 Å². The van der Waals surface area contributed by atoms with Crippen LogP contribution in [0.3, 0.4) is 0 Å². The monoisotopic (exact) mass is 166 g/mol. The topological polar surface area (TPSA) is 61.0 Å². The molecule has 0 aliphatic carbocycles. The van der Waals surface area contributed by atoms with Crippen molar-refractivity contribution in [2.45, 2.75) is 13.3 Å². The van der Waals surface area contributed by atoms with Crippen molar-refractivity contribution < 1.29 is 4.74 Å². The van der Waals surface area contributed by atoms with Gasteiger partial charge >= 0.3 is 6.01 Å². The first-order valence-corrected chi connectivity index (χ1v) is 3.87. The first kappa shape index (κ1) is 8.93. The van der Waals surface area contributed by atoms with Gasteiger partial charge in [-0.1, -0.05) is 0 Å². The Hall–Kier alpha value is -1.16. The molecule has 4 heteroatoms. The number of hydrogen-bond acceptors (Lipinski definition) is 4. The van der Waals surface area contributed by atoms with Crippen LogP contribution in [-0.2, 0) is 0 Å². The maximum absolute atomic E-state index is 5.30. The average molecular weight is 166 g/mol. The van der Waals surface area contributed by atoms with Gasteiger partial charge in [0, 0.05) is 12.3 Å². The minimum Gasteiger partial charge on any atom is -0.463 e. The molecule has 1 aromatic heterocycles. The molecular formula is C8H12N3O. The van der Waals surface area contributed by atoms with E-state index in [9.17, 15) is 0 Å². The lowest BCUT2D eigenvalue weighted by atomic mass is 10.5. The smallest absolute Gasteiger partial charge is 0.316 e. The standard InChI is InChI=1S/C8H12N3O/c1-7-3-5-10-8(11-7)12-6-2-4-9/h5H,2,4,6,9H2,1H3. The van der Waals surface area contributed by atoms with E-state index in [4.69, 9.17) is 10.5 Å². The molecule has 0 saturated heterocycles. The summed E-state index contributed by atoms with van der Waals surface area (Å²) in [6.45, 7) is 3.04. The normalized spacial score (nSPS) is 9.83. The maximum Gasteiger partial charge on any atom is 0.316 e. The minimum absolute atomic E-state index is 0.403. The molecule has 65 valence electrons. The number of nitrogens with two attached hydrogens (primary N) is 1. The molecule has 0 saturated carbocycles. The van der Waals surface area contributed by atoms with Crippen LogP contribution in [0.25, 0.3) is 0 Å². The first-order chi connectivity index (χ1) is 5.83. The van der Waals surface area contributed by atoms with Crippen molar-refractivity contribution in [2.75, 3.05) is 13.2 Å². The van der Waals surface area contributed by atoms with Gasteiger partial charge in [-0.3, -0.25) is 0 Å². The molecule has 0 atom stereocenters. The number of ether oxygens (including phenoxy) is 1. The zero-order valence-corrected chi connectivity index (χ0v) is 7.08. The van der Waals surface area contributed by atoms with E-state index in [1.54, 1.807) is 6.20 Å². The van der Waals surface area contributed by atoms with Crippen molar-refractivity contribution in [3.8, 4) is 6.01 Å². The Morgan fingerprint density at radius 1 is 1.67 bits per heavy atom. The van der Waals surface area contributed by atoms with Gasteiger partial charge in [-0.05, 0) is 19.9 Å². The Labute approximate surface area is 71.8 Å². The molecule has 1 radical (unpaired) electrons. The van der Waals surface area contributed by atoms with Crippen molar-refractivity contribution in [1.82, 2.24) is 9.97 Å². The Kier molecular flexibility index (Phi) is 3.47. The Balaban J connectivity index is 2.41. The van der Waals surface area contributed by atoms with Crippen LogP contribution in [0.15, 0.2) is 6.20 Å². The van der Waals surface area contributed by atoms with Crippen LogP contribution in [-0.4, -0.2) is 23.1 Å². The van der Waals surface area contributed by atoms with Gasteiger partial charge in [-0.25, -0.2) is 4.98 Å². The van der Waals surface area contributed by atoms with E-state index in [0.717, 1.165) is 12.1 Å². The van der Waals surface area contributed by atoms with E-state index < -0.39 is 0 Å². The zero-order valence-electron chi connectivity index (χ0n) is 7.08. The first-order valence-electron chi connectivity index (χ1n) is 3.87. The summed E-state index contributed by atoms with van der Waals surface area (Å²) in [4.78, 5) is 7.90. The lowest BCUT2D eigenvalue weighted by Crippen LogP contribution is -2.07. The molecule has 1 aromatic rings. The fourth-order valence-electron chi connectivity index (χ4n) is 0.702. The fourth-order valence-corrected chi connectivity index (χ4v) is 0.702. The second-order valence-corrected chi connectivity index (χ2v) is 2.37. The lowest BCUT2D eigenvalue weighted by Gasteiger charge is -2.01. The van der Waals surface area contributed by atoms with Gasteiger partial charge in [0.05, 0.1) is 12.3 Å². The molecule has 4 nitrogen and oxygen atoms in total. The third-order valence-corrected chi connectivity index (χ3v) is 1.29. The summed E-state index contributed by atoms with van der Waals surface area (Å²) in [5, 5.41) is 0. The summed E-state index contributed by atoms with van der Waals surface area (Å²) >= 11 is 0. The summed E-state index contributed by atoms with van der Waals surface area (Å²) in [5.41, 5.74) is 6.08. The van der Waals surface area contributed by atoms with Crippen molar-refractivity contribution in [2.24, 2.45) is 5.73 Å². The number of rotatable bonds is 4. The predicted molar refractivity (Wildman–Crippen MR) is 44.8 cm³/mol. The molecular weight excluding hydrogens is 154 g/mol. The minimum atomic E-state index is 0.403. The highest BCUT2D eigenvalue weighted by Gasteiger charge is 1.95. The second kappa shape index (κ2) is 4.66. The summed E-state index contributed by atoms with van der Waals surface area (Å²) in [5.74, 6) is 0. The van der Waals surface area contributed by atoms with Crippen LogP contribution >= 0.6 is 0 Å². The van der Waals surface area contributed by atoms with Gasteiger partial charge in [0.2, 0.25) is 0 Å². The van der Waals surface area contributed by atoms with Crippen LogP contribution in [0.1, 0.15) is 12.1 Å². The Bertz CT molecular complexity index is 239. The van der Waals surface area contributed by atoms with Gasteiger partial charge in [0.15, 0.2) is 0 Å². The molecule has 0 fully saturated rings. The van der Waals surface area contributed by atoms with E-state index >= 15 is 0 Å². The highest BCUT2D eigenvalue weighted by atomic mass is 16.5. The molecule has 0 amide bonds. The molecule has 2 N–H and O–H groups in total. The molecule has 0 bridgehead atoms. The van der Waals surface area contributed by atoms with Crippen molar-refractivity contribution in [3.05, 3.63) is 18.0 Å². The SMILES string of the molecule is Cc1[c]cnc(OCCCN)n1. The molecule has 1 heterocycles. The van der Waals surface area contributed by atoms with E-state index in [-0.39, 0.29) is 0 Å². The highest BCUT2D eigenvalue weighted by Crippen LogP contribution is 2.00. The van der Waals surface area contributed by atoms with Crippen molar-refractivity contribution >= 4 is 0 Å². The number of nitrogens with zero attached hydrogens (tertiary/aromatic N) is 2. The van der Waals surface area contributed by atoms with Crippen LogP contribution in [0, 0.1) is 13.0 Å². The van der Waals surface area contributed by atoms with Crippen LogP contribution in [0.4, 0.5) is 0 Å². The summed E-state index contributed by atoms with van der Waals surface area (Å²) < 4.78 is 5.20. The van der Waals surface area contributed by atoms with Crippen LogP contribution in [0.5, 0.6) is 6.01 Å². The summed E-state index contributed by atoms with van der Waals surface area (Å²) in [6, 6.07) is 3.24. The largest absolute Gasteiger partial charge is 0.463 e. The van der Waals surface area contributed by atoms with E-state index in [1.807, 2.05) is 6.92 Å². The van der Waals surface area contributed by atoms with E-state index in [2.05, 4.69) is 16.0 Å². The average Bonchev–Trinajstić information content (AvgIpc) is 2.05. The van der Waals surface area contributed by atoms with Crippen molar-refractivity contribution in [1.29, 1.82) is 0 Å². The van der Waals surface area contributed by atoms with Gasteiger partial charge in [0.25, 0.3) is 0 Å². The fraction of sp³-hybridized carbons (Fsp3) is 0.500. The van der Waals surface area contributed by atoms with E-state index in [0.29, 0.717) is 19.2 Å². The highest BCUT2D eigenvalue weighted by molar-refractivity contribution is 5.01. The maximum atomic E-state index is 5.30. The number of aromatic nitrogens is 2. The Morgan fingerprint density at radius 3 is 3.17 bits per heavy atom. The third kappa shape index (κ3) is 2.84. The van der Waals surface area contributed by atoms with Gasteiger partial charge in [-0.2, -0.15) is 4.98 Å². The molecule has 0 aliphatic rings. The molecule has 0 aliphatic heterocycles. The second-order valence-electron chi connectivity index (χ2n) is 2.37. The number of aryl methyl sites for hydroxylation is 1. The van der Waals surface area contributed by atoms with Crippen LogP contribution in [0.2, 0.25) is 0 Å². The van der Waals surface area contributed by atoms with E-state index in [1.165, 1.54) is 0 Å². The molecule has 1 rings (SSSR count). The molecule has 0 aromatic carbocycles. The van der Waals surface area contributed by atoms with Crippen LogP contribution < -0.4 is 10.5 Å². The van der Waals surface area contributed by atoms with Crippen molar-refractivity contribution in [3.63, 3.8) is 0 Å². The molecule has 0 spiro atoms. The Morgan fingerprint density at radius 2 is 2.50 bits per heavy atom. The summed E-state index contributed by atoms with van der Waals surface area (Å²) in [7, 11) is 0. The summed E-state index contributed by atoms with van der Waals surface area (Å²) in [6.07, 6.45) is 2.38. The molecule has 0 unspecified atom stereocenters.